The molecule has 5 heteroatoms. The normalized spacial score (nSPS) is 46.0. The van der Waals surface area contributed by atoms with Crippen molar-refractivity contribution in [3.63, 3.8) is 0 Å². The number of oxime groups is 1. The van der Waals surface area contributed by atoms with Crippen molar-refractivity contribution in [3.05, 3.63) is 11.6 Å². The molecule has 4 aliphatic carbocycles. The van der Waals surface area contributed by atoms with Gasteiger partial charge in [0.1, 0.15) is 0 Å². The van der Waals surface area contributed by atoms with Crippen molar-refractivity contribution in [3.8, 4) is 12.3 Å². The molecule has 0 aliphatic heterocycles. The molecule has 0 radical (unpaired) electrons. The monoisotopic (exact) mass is 385 g/mol. The van der Waals surface area contributed by atoms with Crippen LogP contribution < -0.4 is 0 Å². The average molecular weight is 386 g/mol. The van der Waals surface area contributed by atoms with Crippen LogP contribution in [0, 0.1) is 41.4 Å². The molecule has 0 amide bonds. The maximum Gasteiger partial charge on any atom is 0.304 e. The number of hydrogen-bond acceptors (Lipinski definition) is 5. The van der Waals surface area contributed by atoms with Crippen molar-refractivity contribution in [1.82, 2.24) is 0 Å². The van der Waals surface area contributed by atoms with Gasteiger partial charge in [-0.1, -0.05) is 18.0 Å². The number of allylic oxidation sites excluding steroid dienone is 1. The fourth-order valence-corrected chi connectivity index (χ4v) is 7.46. The van der Waals surface area contributed by atoms with E-state index >= 15 is 0 Å². The van der Waals surface area contributed by atoms with Gasteiger partial charge < -0.3 is 15.1 Å². The zero-order valence-electron chi connectivity index (χ0n) is 16.9. The Bertz CT molecular complexity index is 765. The zero-order chi connectivity index (χ0) is 20.1. The SMILES string of the molecule is C#C[C@]1(OC(C)=O)CCC2C3C[C@@H](O)C4=C/C(=N/O)CCC4C3CC[C@@]21CC. The molecule has 4 rings (SSSR count). The summed E-state index contributed by atoms with van der Waals surface area (Å²) in [6, 6.07) is 0. The molecule has 0 aromatic heterocycles. The van der Waals surface area contributed by atoms with E-state index in [9.17, 15) is 9.90 Å². The van der Waals surface area contributed by atoms with Gasteiger partial charge in [-0.3, -0.25) is 4.79 Å². The fourth-order valence-electron chi connectivity index (χ4n) is 7.46. The number of rotatable bonds is 2. The first kappa shape index (κ1) is 19.5. The first-order valence-electron chi connectivity index (χ1n) is 10.7. The summed E-state index contributed by atoms with van der Waals surface area (Å²) in [7, 11) is 0. The largest absolute Gasteiger partial charge is 0.445 e. The third-order valence-electron chi connectivity index (χ3n) is 8.49. The summed E-state index contributed by atoms with van der Waals surface area (Å²) in [5.74, 6) is 4.25. The van der Waals surface area contributed by atoms with Crippen molar-refractivity contribution in [1.29, 1.82) is 0 Å². The molecule has 28 heavy (non-hydrogen) atoms. The molecule has 0 aromatic carbocycles. The lowest BCUT2D eigenvalue weighted by molar-refractivity contribution is -0.171. The molecule has 0 bridgehead atoms. The second-order valence-electron chi connectivity index (χ2n) is 9.22. The van der Waals surface area contributed by atoms with E-state index in [2.05, 4.69) is 18.0 Å². The molecule has 5 nitrogen and oxygen atoms in total. The predicted molar refractivity (Wildman–Crippen MR) is 106 cm³/mol. The van der Waals surface area contributed by atoms with Crippen molar-refractivity contribution in [2.45, 2.75) is 76.9 Å². The number of fused-ring (bicyclic) bond motifs is 5. The van der Waals surface area contributed by atoms with E-state index in [-0.39, 0.29) is 11.4 Å². The summed E-state index contributed by atoms with van der Waals surface area (Å²) in [5, 5.41) is 23.5. The number of carbonyl (C=O) groups excluding carboxylic acids is 1. The van der Waals surface area contributed by atoms with Crippen LogP contribution in [0.2, 0.25) is 0 Å². The molecule has 4 aliphatic rings. The summed E-state index contributed by atoms with van der Waals surface area (Å²) >= 11 is 0. The van der Waals surface area contributed by atoms with Crippen LogP contribution in [0.3, 0.4) is 0 Å². The fraction of sp³-hybridized carbons (Fsp3) is 0.739. The number of terminal acetylenes is 1. The predicted octanol–water partition coefficient (Wildman–Crippen LogP) is 3.69. The number of esters is 1. The highest BCUT2D eigenvalue weighted by molar-refractivity contribution is 5.96. The minimum atomic E-state index is -0.812. The van der Waals surface area contributed by atoms with E-state index in [1.165, 1.54) is 6.92 Å². The molecule has 7 atom stereocenters. The summed E-state index contributed by atoms with van der Waals surface area (Å²) < 4.78 is 5.86. The van der Waals surface area contributed by atoms with E-state index in [0.717, 1.165) is 56.9 Å². The molecular formula is C23H31NO4. The smallest absolute Gasteiger partial charge is 0.304 e. The number of ether oxygens (including phenoxy) is 1. The molecule has 4 unspecified atom stereocenters. The van der Waals surface area contributed by atoms with E-state index in [1.807, 2.05) is 6.08 Å². The van der Waals surface area contributed by atoms with Crippen molar-refractivity contribution in [2.24, 2.45) is 34.2 Å². The lowest BCUT2D eigenvalue weighted by Gasteiger charge is -2.57. The molecular weight excluding hydrogens is 354 g/mol. The molecule has 0 spiro atoms. The zero-order valence-corrected chi connectivity index (χ0v) is 16.9. The van der Waals surface area contributed by atoms with E-state index in [4.69, 9.17) is 16.4 Å². The van der Waals surface area contributed by atoms with Gasteiger partial charge in [-0.25, -0.2) is 0 Å². The van der Waals surface area contributed by atoms with Crippen LogP contribution in [0.4, 0.5) is 0 Å². The molecule has 0 aromatic rings. The van der Waals surface area contributed by atoms with Gasteiger partial charge >= 0.3 is 5.97 Å². The summed E-state index contributed by atoms with van der Waals surface area (Å²) in [4.78, 5) is 11.9. The van der Waals surface area contributed by atoms with Crippen LogP contribution in [-0.4, -0.2) is 33.7 Å². The lowest BCUT2D eigenvalue weighted by Crippen LogP contribution is -2.56. The second-order valence-corrected chi connectivity index (χ2v) is 9.22. The highest BCUT2D eigenvalue weighted by atomic mass is 16.6. The third-order valence-corrected chi connectivity index (χ3v) is 8.49. The van der Waals surface area contributed by atoms with Gasteiger partial charge in [0.2, 0.25) is 0 Å². The molecule has 2 N–H and O–H groups in total. The number of nitrogens with zero attached hydrogens (tertiary/aromatic N) is 1. The van der Waals surface area contributed by atoms with Crippen molar-refractivity contribution in [2.75, 3.05) is 0 Å². The maximum absolute atomic E-state index is 11.9. The van der Waals surface area contributed by atoms with Gasteiger partial charge in [-0.2, -0.15) is 0 Å². The van der Waals surface area contributed by atoms with Crippen LogP contribution in [0.5, 0.6) is 0 Å². The minimum absolute atomic E-state index is 0.193. The maximum atomic E-state index is 11.9. The quantitative estimate of drug-likeness (QED) is 0.329. The number of aliphatic hydroxyl groups is 1. The minimum Gasteiger partial charge on any atom is -0.445 e. The Morgan fingerprint density at radius 2 is 2.14 bits per heavy atom. The lowest BCUT2D eigenvalue weighted by atomic mass is 9.49. The highest BCUT2D eigenvalue weighted by Crippen LogP contribution is 2.67. The van der Waals surface area contributed by atoms with Crippen molar-refractivity contribution >= 4 is 11.7 Å². The van der Waals surface area contributed by atoms with Crippen LogP contribution in [-0.2, 0) is 9.53 Å². The van der Waals surface area contributed by atoms with Crippen LogP contribution in [0.15, 0.2) is 16.8 Å². The van der Waals surface area contributed by atoms with Gasteiger partial charge in [-0.05, 0) is 86.7 Å². The van der Waals surface area contributed by atoms with Crippen LogP contribution in [0.1, 0.15) is 65.2 Å². The second kappa shape index (κ2) is 6.91. The Hall–Kier alpha value is -1.80. The van der Waals surface area contributed by atoms with Crippen LogP contribution in [0.25, 0.3) is 0 Å². The van der Waals surface area contributed by atoms with Gasteiger partial charge in [-0.15, -0.1) is 6.42 Å². The first-order chi connectivity index (χ1) is 13.4. The standard InChI is InChI=1S/C23H31NO4/c1-4-22-10-8-17-16-7-6-15(24-27)12-19(16)21(26)13-18(17)20(22)9-11-23(22,5-2)28-14(3)25/h2,12,16-18,20-21,26-27H,4,6-11,13H2,1,3H3/b24-15+/t16?,17?,18?,20?,21-,22+,23+/m1/s1. The Kier molecular flexibility index (Phi) is 4.82. The summed E-state index contributed by atoms with van der Waals surface area (Å²) in [5.41, 5.74) is 0.713. The summed E-state index contributed by atoms with van der Waals surface area (Å²) in [6.45, 7) is 3.62. The van der Waals surface area contributed by atoms with E-state index in [1.54, 1.807) is 0 Å². The number of carbonyl (C=O) groups is 1. The topological polar surface area (TPSA) is 79.1 Å². The van der Waals surface area contributed by atoms with Gasteiger partial charge in [0.15, 0.2) is 5.60 Å². The van der Waals surface area contributed by atoms with Gasteiger partial charge in [0.05, 0.1) is 11.8 Å². The Labute approximate surface area is 167 Å². The molecule has 152 valence electrons. The van der Waals surface area contributed by atoms with Crippen molar-refractivity contribution < 1.29 is 19.8 Å². The number of hydrogen-bond donors (Lipinski definition) is 2. The Morgan fingerprint density at radius 1 is 1.36 bits per heavy atom. The summed E-state index contributed by atoms with van der Waals surface area (Å²) in [6.07, 6.45) is 14.4. The van der Waals surface area contributed by atoms with Gasteiger partial charge in [0.25, 0.3) is 0 Å². The Morgan fingerprint density at radius 3 is 2.79 bits per heavy atom. The first-order valence-corrected chi connectivity index (χ1v) is 10.7. The third kappa shape index (κ3) is 2.57. The highest BCUT2D eigenvalue weighted by Gasteiger charge is 2.66. The number of aliphatic hydroxyl groups excluding tert-OH is 1. The van der Waals surface area contributed by atoms with Gasteiger partial charge in [0, 0.05) is 12.3 Å². The van der Waals surface area contributed by atoms with Crippen LogP contribution >= 0.6 is 0 Å². The molecule has 3 saturated carbocycles. The average Bonchev–Trinajstić information content (AvgIpc) is 3.02. The Balaban J connectivity index is 1.70. The molecule has 3 fully saturated rings. The molecule has 0 saturated heterocycles. The molecule has 0 heterocycles. The van der Waals surface area contributed by atoms with E-state index < -0.39 is 11.7 Å². The van der Waals surface area contributed by atoms with E-state index in [0.29, 0.717) is 29.4 Å².